The first kappa shape index (κ1) is 16.8. The van der Waals surface area contributed by atoms with Crippen molar-refractivity contribution in [2.75, 3.05) is 45.2 Å². The Bertz CT molecular complexity index is 387. The molecule has 2 rings (SSSR count). The average Bonchev–Trinajstić information content (AvgIpc) is 3.00. The number of rotatable bonds is 5. The molecule has 114 valence electrons. The highest BCUT2D eigenvalue weighted by Crippen LogP contribution is 2.24. The van der Waals surface area contributed by atoms with E-state index in [1.54, 1.807) is 7.11 Å². The van der Waals surface area contributed by atoms with Crippen LogP contribution in [0.2, 0.25) is 0 Å². The van der Waals surface area contributed by atoms with Gasteiger partial charge in [-0.15, -0.1) is 0 Å². The lowest BCUT2D eigenvalue weighted by Crippen LogP contribution is -2.31. The molecule has 0 aliphatic carbocycles. The van der Waals surface area contributed by atoms with Crippen LogP contribution < -0.4 is 9.64 Å². The van der Waals surface area contributed by atoms with Gasteiger partial charge in [0.25, 0.3) is 0 Å². The fourth-order valence-electron chi connectivity index (χ4n) is 2.47. The number of hydrogen-bond acceptors (Lipinski definition) is 3. The van der Waals surface area contributed by atoms with Gasteiger partial charge in [-0.1, -0.05) is 19.9 Å². The normalized spacial score (nSPS) is 14.7. The molecule has 1 saturated heterocycles. The standard InChI is InChI=1S/C15H24N2O.C2H6/c1-13-6-7-14(12-15(13)18-3)16(2)10-11-17-8-4-5-9-17;1-2/h6-7,12H,4-5,8-11H2,1-3H3;1-2H3. The first-order valence-corrected chi connectivity index (χ1v) is 7.79. The minimum absolute atomic E-state index is 0.973. The fraction of sp³-hybridized carbons (Fsp3) is 0.647. The first-order valence-electron chi connectivity index (χ1n) is 7.79. The third-order valence-electron chi connectivity index (χ3n) is 3.78. The van der Waals surface area contributed by atoms with Gasteiger partial charge in [0.05, 0.1) is 7.11 Å². The zero-order chi connectivity index (χ0) is 15.0. The summed E-state index contributed by atoms with van der Waals surface area (Å²) in [6, 6.07) is 6.42. The fourth-order valence-corrected chi connectivity index (χ4v) is 2.47. The molecule has 0 saturated carbocycles. The van der Waals surface area contributed by atoms with E-state index in [2.05, 4.69) is 42.0 Å². The molecular weight excluding hydrogens is 248 g/mol. The minimum Gasteiger partial charge on any atom is -0.496 e. The number of nitrogens with zero attached hydrogens (tertiary/aromatic N) is 2. The van der Waals surface area contributed by atoms with Crippen LogP contribution in [-0.2, 0) is 0 Å². The van der Waals surface area contributed by atoms with Gasteiger partial charge in [-0.25, -0.2) is 0 Å². The van der Waals surface area contributed by atoms with Crippen molar-refractivity contribution in [1.82, 2.24) is 4.90 Å². The zero-order valence-corrected chi connectivity index (χ0v) is 13.8. The Morgan fingerprint density at radius 3 is 2.45 bits per heavy atom. The third kappa shape index (κ3) is 4.71. The quantitative estimate of drug-likeness (QED) is 0.819. The highest BCUT2D eigenvalue weighted by Gasteiger charge is 2.12. The van der Waals surface area contributed by atoms with Crippen molar-refractivity contribution in [3.05, 3.63) is 23.8 Å². The summed E-state index contributed by atoms with van der Waals surface area (Å²) >= 11 is 0. The molecule has 0 amide bonds. The van der Waals surface area contributed by atoms with Crippen LogP contribution in [0.1, 0.15) is 32.3 Å². The second-order valence-corrected chi connectivity index (χ2v) is 5.12. The van der Waals surface area contributed by atoms with Gasteiger partial charge in [-0.05, 0) is 44.5 Å². The molecule has 0 bridgehead atoms. The highest BCUT2D eigenvalue weighted by atomic mass is 16.5. The molecule has 1 aliphatic heterocycles. The largest absolute Gasteiger partial charge is 0.496 e. The lowest BCUT2D eigenvalue weighted by atomic mass is 10.2. The van der Waals surface area contributed by atoms with Crippen molar-refractivity contribution < 1.29 is 4.74 Å². The van der Waals surface area contributed by atoms with Crippen LogP contribution >= 0.6 is 0 Å². The minimum atomic E-state index is 0.973. The molecule has 0 N–H and O–H groups in total. The predicted molar refractivity (Wildman–Crippen MR) is 88.0 cm³/mol. The SMILES string of the molecule is CC.COc1cc(N(C)CCN2CCCC2)ccc1C. The van der Waals surface area contributed by atoms with Gasteiger partial charge in [-0.3, -0.25) is 0 Å². The molecule has 1 aromatic carbocycles. The molecule has 0 spiro atoms. The summed E-state index contributed by atoms with van der Waals surface area (Å²) in [5.41, 5.74) is 2.42. The van der Waals surface area contributed by atoms with Crippen LogP contribution in [0.15, 0.2) is 18.2 Å². The van der Waals surface area contributed by atoms with Gasteiger partial charge in [-0.2, -0.15) is 0 Å². The second kappa shape index (κ2) is 8.85. The predicted octanol–water partition coefficient (Wildman–Crippen LogP) is 3.56. The summed E-state index contributed by atoms with van der Waals surface area (Å²) in [6.07, 6.45) is 2.73. The van der Waals surface area contributed by atoms with Crippen molar-refractivity contribution >= 4 is 5.69 Å². The van der Waals surface area contributed by atoms with Gasteiger partial charge in [0.15, 0.2) is 0 Å². The Kier molecular flexibility index (Phi) is 7.45. The first-order chi connectivity index (χ1) is 9.70. The number of methoxy groups -OCH3 is 1. The highest BCUT2D eigenvalue weighted by molar-refractivity contribution is 5.53. The third-order valence-corrected chi connectivity index (χ3v) is 3.78. The van der Waals surface area contributed by atoms with E-state index in [1.807, 2.05) is 13.8 Å². The summed E-state index contributed by atoms with van der Waals surface area (Å²) in [4.78, 5) is 4.85. The van der Waals surface area contributed by atoms with E-state index in [9.17, 15) is 0 Å². The molecule has 0 atom stereocenters. The Morgan fingerprint density at radius 2 is 1.85 bits per heavy atom. The molecule has 3 nitrogen and oxygen atoms in total. The molecule has 0 unspecified atom stereocenters. The molecular formula is C17H30N2O. The summed E-state index contributed by atoms with van der Waals surface area (Å²) in [5, 5.41) is 0. The summed E-state index contributed by atoms with van der Waals surface area (Å²) < 4.78 is 5.38. The van der Waals surface area contributed by atoms with Crippen molar-refractivity contribution in [1.29, 1.82) is 0 Å². The van der Waals surface area contributed by atoms with Crippen LogP contribution in [0.4, 0.5) is 5.69 Å². The van der Waals surface area contributed by atoms with E-state index in [0.717, 1.165) is 18.8 Å². The maximum atomic E-state index is 5.38. The zero-order valence-electron chi connectivity index (χ0n) is 13.8. The van der Waals surface area contributed by atoms with Crippen LogP contribution in [0, 0.1) is 6.92 Å². The monoisotopic (exact) mass is 278 g/mol. The van der Waals surface area contributed by atoms with Crippen molar-refractivity contribution in [3.63, 3.8) is 0 Å². The lowest BCUT2D eigenvalue weighted by molar-refractivity contribution is 0.346. The van der Waals surface area contributed by atoms with E-state index in [-0.39, 0.29) is 0 Å². The van der Waals surface area contributed by atoms with Crippen LogP contribution in [0.5, 0.6) is 5.75 Å². The van der Waals surface area contributed by atoms with Crippen LogP contribution in [-0.4, -0.2) is 45.2 Å². The van der Waals surface area contributed by atoms with E-state index in [0.29, 0.717) is 0 Å². The molecule has 0 radical (unpaired) electrons. The van der Waals surface area contributed by atoms with E-state index in [4.69, 9.17) is 4.74 Å². The summed E-state index contributed by atoms with van der Waals surface area (Å²) in [7, 11) is 3.89. The molecule has 1 heterocycles. The van der Waals surface area contributed by atoms with E-state index in [1.165, 1.54) is 37.2 Å². The lowest BCUT2D eigenvalue weighted by Gasteiger charge is -2.23. The number of likely N-dealkylation sites (tertiary alicyclic amines) is 1. The maximum absolute atomic E-state index is 5.38. The van der Waals surface area contributed by atoms with Gasteiger partial charge < -0.3 is 14.5 Å². The number of hydrogen-bond donors (Lipinski definition) is 0. The van der Waals surface area contributed by atoms with E-state index < -0.39 is 0 Å². The Balaban J connectivity index is 0.000000956. The second-order valence-electron chi connectivity index (χ2n) is 5.12. The summed E-state index contributed by atoms with van der Waals surface area (Å²) in [6.45, 7) is 10.8. The maximum Gasteiger partial charge on any atom is 0.123 e. The van der Waals surface area contributed by atoms with Crippen molar-refractivity contribution in [3.8, 4) is 5.75 Å². The van der Waals surface area contributed by atoms with Crippen LogP contribution in [0.25, 0.3) is 0 Å². The van der Waals surface area contributed by atoms with E-state index >= 15 is 0 Å². The number of benzene rings is 1. The van der Waals surface area contributed by atoms with Gasteiger partial charge in [0.1, 0.15) is 5.75 Å². The number of ether oxygens (including phenoxy) is 1. The smallest absolute Gasteiger partial charge is 0.123 e. The molecule has 1 aliphatic rings. The topological polar surface area (TPSA) is 15.7 Å². The number of likely N-dealkylation sites (N-methyl/N-ethyl adjacent to an activating group) is 1. The number of aryl methyl sites for hydroxylation is 1. The molecule has 1 aromatic rings. The molecule has 3 heteroatoms. The number of anilines is 1. The van der Waals surface area contributed by atoms with Gasteiger partial charge in [0, 0.05) is 31.9 Å². The van der Waals surface area contributed by atoms with Crippen molar-refractivity contribution in [2.45, 2.75) is 33.6 Å². The summed E-state index contributed by atoms with van der Waals surface area (Å²) in [5.74, 6) is 0.973. The van der Waals surface area contributed by atoms with Crippen molar-refractivity contribution in [2.24, 2.45) is 0 Å². The van der Waals surface area contributed by atoms with Gasteiger partial charge in [0.2, 0.25) is 0 Å². The molecule has 0 aromatic heterocycles. The molecule has 20 heavy (non-hydrogen) atoms. The van der Waals surface area contributed by atoms with Gasteiger partial charge >= 0.3 is 0 Å². The Morgan fingerprint density at radius 1 is 1.20 bits per heavy atom. The molecule has 1 fully saturated rings. The Labute approximate surface area is 124 Å². The van der Waals surface area contributed by atoms with Crippen LogP contribution in [0.3, 0.4) is 0 Å². The Hall–Kier alpha value is -1.22. The average molecular weight is 278 g/mol.